The van der Waals surface area contributed by atoms with Gasteiger partial charge in [0.15, 0.2) is 6.61 Å². The molecule has 1 amide bonds. The highest BCUT2D eigenvalue weighted by Crippen LogP contribution is 2.15. The van der Waals surface area contributed by atoms with E-state index >= 15 is 0 Å². The van der Waals surface area contributed by atoms with E-state index in [1.54, 1.807) is 24.3 Å². The van der Waals surface area contributed by atoms with Crippen LogP contribution in [0.4, 0.5) is 11.5 Å². The second-order valence-electron chi connectivity index (χ2n) is 4.07. The van der Waals surface area contributed by atoms with Crippen LogP contribution < -0.4 is 15.6 Å². The van der Waals surface area contributed by atoms with Crippen LogP contribution in [-0.4, -0.2) is 22.4 Å². The van der Waals surface area contributed by atoms with Crippen molar-refractivity contribution in [1.82, 2.24) is 10.4 Å². The molecule has 0 aliphatic heterocycles. The topological polar surface area (TPSA) is 106 Å². The zero-order chi connectivity index (χ0) is 15.9. The molecular weight excluding hydrogens is 312 g/mol. The Hall–Kier alpha value is -2.87. The number of hydrogen-bond donors (Lipinski definition) is 2. The molecule has 8 nitrogen and oxygen atoms in total. The maximum absolute atomic E-state index is 11.6. The van der Waals surface area contributed by atoms with Gasteiger partial charge in [-0.2, -0.15) is 0 Å². The summed E-state index contributed by atoms with van der Waals surface area (Å²) >= 11 is 5.73. The molecule has 1 heterocycles. The Balaban J connectivity index is 1.77. The van der Waals surface area contributed by atoms with E-state index in [9.17, 15) is 14.9 Å². The van der Waals surface area contributed by atoms with Crippen molar-refractivity contribution < 1.29 is 14.5 Å². The average Bonchev–Trinajstić information content (AvgIpc) is 2.52. The number of carbonyl (C=O) groups excluding carboxylic acids is 1. The van der Waals surface area contributed by atoms with E-state index in [-0.39, 0.29) is 18.1 Å². The van der Waals surface area contributed by atoms with E-state index in [2.05, 4.69) is 15.8 Å². The molecule has 1 aromatic heterocycles. The van der Waals surface area contributed by atoms with Gasteiger partial charge in [0.2, 0.25) is 0 Å². The number of amides is 1. The molecule has 0 atom stereocenters. The molecule has 22 heavy (non-hydrogen) atoms. The summed E-state index contributed by atoms with van der Waals surface area (Å²) in [6.45, 7) is -0.207. The van der Waals surface area contributed by atoms with Gasteiger partial charge in [-0.25, -0.2) is 4.98 Å². The van der Waals surface area contributed by atoms with Gasteiger partial charge in [0.25, 0.3) is 11.6 Å². The zero-order valence-corrected chi connectivity index (χ0v) is 11.9. The van der Waals surface area contributed by atoms with Gasteiger partial charge in [0.1, 0.15) is 17.8 Å². The molecule has 0 fully saturated rings. The zero-order valence-electron chi connectivity index (χ0n) is 11.2. The van der Waals surface area contributed by atoms with Crippen LogP contribution in [-0.2, 0) is 4.79 Å². The van der Waals surface area contributed by atoms with E-state index in [0.717, 1.165) is 6.20 Å². The van der Waals surface area contributed by atoms with Crippen LogP contribution in [0.2, 0.25) is 5.02 Å². The Kier molecular flexibility index (Phi) is 5.10. The van der Waals surface area contributed by atoms with E-state index in [1.165, 1.54) is 12.1 Å². The molecule has 0 saturated heterocycles. The molecule has 2 aromatic rings. The highest BCUT2D eigenvalue weighted by Gasteiger charge is 2.06. The van der Waals surface area contributed by atoms with Crippen molar-refractivity contribution in [2.75, 3.05) is 12.0 Å². The lowest BCUT2D eigenvalue weighted by Crippen LogP contribution is -2.33. The second-order valence-corrected chi connectivity index (χ2v) is 4.51. The third-order valence-corrected chi connectivity index (χ3v) is 2.72. The van der Waals surface area contributed by atoms with Crippen LogP contribution >= 0.6 is 11.6 Å². The van der Waals surface area contributed by atoms with E-state index in [1.807, 2.05) is 0 Å². The first kappa shape index (κ1) is 15.5. The highest BCUT2D eigenvalue weighted by atomic mass is 35.5. The van der Waals surface area contributed by atoms with E-state index in [0.29, 0.717) is 10.8 Å². The summed E-state index contributed by atoms with van der Waals surface area (Å²) in [5.74, 6) is 0.341. The van der Waals surface area contributed by atoms with Gasteiger partial charge >= 0.3 is 0 Å². The Morgan fingerprint density at radius 2 is 2.00 bits per heavy atom. The monoisotopic (exact) mass is 322 g/mol. The maximum Gasteiger partial charge on any atom is 0.287 e. The van der Waals surface area contributed by atoms with E-state index < -0.39 is 10.8 Å². The van der Waals surface area contributed by atoms with Crippen LogP contribution in [0.5, 0.6) is 5.75 Å². The Labute approximate surface area is 130 Å². The maximum atomic E-state index is 11.6. The Morgan fingerprint density at radius 1 is 1.27 bits per heavy atom. The first-order chi connectivity index (χ1) is 10.5. The van der Waals surface area contributed by atoms with Gasteiger partial charge in [-0.3, -0.25) is 25.8 Å². The fraction of sp³-hybridized carbons (Fsp3) is 0.0769. The molecule has 0 unspecified atom stereocenters. The van der Waals surface area contributed by atoms with E-state index in [4.69, 9.17) is 16.3 Å². The number of pyridine rings is 1. The van der Waals surface area contributed by atoms with Crippen molar-refractivity contribution >= 4 is 29.0 Å². The molecule has 0 saturated carbocycles. The third-order valence-electron chi connectivity index (χ3n) is 2.47. The first-order valence-electron chi connectivity index (χ1n) is 6.08. The van der Waals surface area contributed by atoms with Crippen LogP contribution in [0.15, 0.2) is 42.6 Å². The first-order valence-corrected chi connectivity index (χ1v) is 6.46. The summed E-state index contributed by atoms with van der Waals surface area (Å²) in [7, 11) is 0. The molecule has 2 N–H and O–H groups in total. The van der Waals surface area contributed by atoms with Crippen molar-refractivity contribution in [3.8, 4) is 5.75 Å². The van der Waals surface area contributed by atoms with Crippen LogP contribution in [0.1, 0.15) is 0 Å². The number of aromatic nitrogens is 1. The molecule has 2 rings (SSSR count). The minimum atomic E-state index is -0.560. The molecule has 1 aromatic carbocycles. The normalized spacial score (nSPS) is 9.86. The second kappa shape index (κ2) is 7.23. The Morgan fingerprint density at radius 3 is 2.59 bits per heavy atom. The SMILES string of the molecule is O=C(COc1ccc(Cl)cc1)NNc1ccc([N+](=O)[O-])cn1. The number of anilines is 1. The van der Waals surface area contributed by atoms with Gasteiger partial charge in [-0.1, -0.05) is 11.6 Å². The number of hydrogen-bond acceptors (Lipinski definition) is 6. The van der Waals surface area contributed by atoms with Crippen LogP contribution in [0, 0.1) is 10.1 Å². The molecule has 0 spiro atoms. The predicted molar refractivity (Wildman–Crippen MR) is 79.6 cm³/mol. The Bertz CT molecular complexity index is 661. The lowest BCUT2D eigenvalue weighted by atomic mass is 10.3. The quantitative estimate of drug-likeness (QED) is 0.623. The fourth-order valence-corrected chi connectivity index (χ4v) is 1.54. The van der Waals surface area contributed by atoms with Crippen LogP contribution in [0.25, 0.3) is 0 Å². The molecule has 9 heteroatoms. The van der Waals surface area contributed by atoms with Crippen LogP contribution in [0.3, 0.4) is 0 Å². The standard InChI is InChI=1S/C13H11ClN4O4/c14-9-1-4-11(5-2-9)22-8-13(19)17-16-12-6-3-10(7-15-12)18(20)21/h1-7H,8H2,(H,15,16)(H,17,19). The summed E-state index contributed by atoms with van der Waals surface area (Å²) in [5.41, 5.74) is 4.74. The smallest absolute Gasteiger partial charge is 0.287 e. The molecule has 114 valence electrons. The minimum Gasteiger partial charge on any atom is -0.484 e. The third kappa shape index (κ3) is 4.60. The van der Waals surface area contributed by atoms with Gasteiger partial charge < -0.3 is 4.74 Å². The number of nitrogens with zero attached hydrogens (tertiary/aromatic N) is 2. The highest BCUT2D eigenvalue weighted by molar-refractivity contribution is 6.30. The summed E-state index contributed by atoms with van der Waals surface area (Å²) in [4.78, 5) is 25.3. The predicted octanol–water partition coefficient (Wildman–Crippen LogP) is 2.17. The average molecular weight is 323 g/mol. The van der Waals surface area contributed by atoms with Crippen molar-refractivity contribution in [2.45, 2.75) is 0 Å². The molecule has 0 bridgehead atoms. The summed E-state index contributed by atoms with van der Waals surface area (Å²) < 4.78 is 5.24. The number of carbonyl (C=O) groups is 1. The molecule has 0 aliphatic rings. The van der Waals surface area contributed by atoms with Crippen molar-refractivity contribution in [3.05, 3.63) is 57.7 Å². The largest absolute Gasteiger partial charge is 0.484 e. The number of nitrogens with one attached hydrogen (secondary N) is 2. The van der Waals surface area contributed by atoms with Gasteiger partial charge in [0.05, 0.1) is 4.92 Å². The number of nitro groups is 1. The lowest BCUT2D eigenvalue weighted by Gasteiger charge is -2.08. The summed E-state index contributed by atoms with van der Waals surface area (Å²) in [6.07, 6.45) is 1.08. The number of rotatable bonds is 6. The van der Waals surface area contributed by atoms with Gasteiger partial charge in [-0.05, 0) is 30.3 Å². The summed E-state index contributed by atoms with van der Waals surface area (Å²) in [5, 5.41) is 11.0. The van der Waals surface area contributed by atoms with Gasteiger partial charge in [-0.15, -0.1) is 0 Å². The number of hydrazine groups is 1. The van der Waals surface area contributed by atoms with Crippen molar-refractivity contribution in [2.24, 2.45) is 0 Å². The van der Waals surface area contributed by atoms with Gasteiger partial charge in [0, 0.05) is 11.1 Å². The lowest BCUT2D eigenvalue weighted by molar-refractivity contribution is -0.385. The van der Waals surface area contributed by atoms with Crippen molar-refractivity contribution in [3.63, 3.8) is 0 Å². The molecule has 0 radical (unpaired) electrons. The molecular formula is C13H11ClN4O4. The summed E-state index contributed by atoms with van der Waals surface area (Å²) in [6, 6.07) is 9.22. The number of ether oxygens (including phenoxy) is 1. The van der Waals surface area contributed by atoms with Crippen molar-refractivity contribution in [1.29, 1.82) is 0 Å². The molecule has 0 aliphatic carbocycles. The fourth-order valence-electron chi connectivity index (χ4n) is 1.42. The number of halogens is 1. The minimum absolute atomic E-state index is 0.136. The number of benzene rings is 1.